The Morgan fingerprint density at radius 1 is 0.773 bits per heavy atom. The summed E-state index contributed by atoms with van der Waals surface area (Å²) in [5.41, 5.74) is 0. The third-order valence-corrected chi connectivity index (χ3v) is 4.12. The maximum atomic E-state index is 10.6. The standard InChI is InChI=1S/C12H27O3P.C3H8O3/c1-2-3-4-5-6-7-8-9-10-11-12-16(13,14)15;4-1-3(6)2-5/h2-12H2,1H3,(H2,13,14,15);3-6H,1-2H2. The van der Waals surface area contributed by atoms with Gasteiger partial charge in [0.1, 0.15) is 6.10 Å². The molecule has 0 amide bonds. The minimum Gasteiger partial charge on any atom is -0.394 e. The zero-order valence-electron chi connectivity index (χ0n) is 13.9. The summed E-state index contributed by atoms with van der Waals surface area (Å²) >= 11 is 0. The smallest absolute Gasteiger partial charge is 0.325 e. The largest absolute Gasteiger partial charge is 0.394 e. The molecule has 0 aliphatic heterocycles. The van der Waals surface area contributed by atoms with Crippen LogP contribution in [0.4, 0.5) is 0 Å². The molecule has 7 heteroatoms. The maximum Gasteiger partial charge on any atom is 0.325 e. The Morgan fingerprint density at radius 2 is 1.14 bits per heavy atom. The van der Waals surface area contributed by atoms with Crippen LogP contribution in [0.3, 0.4) is 0 Å². The molecule has 22 heavy (non-hydrogen) atoms. The lowest BCUT2D eigenvalue weighted by atomic mass is 10.1. The van der Waals surface area contributed by atoms with Crippen LogP contribution >= 0.6 is 7.60 Å². The van der Waals surface area contributed by atoms with Crippen LogP contribution < -0.4 is 0 Å². The molecule has 0 aromatic carbocycles. The van der Waals surface area contributed by atoms with Gasteiger partial charge in [0.25, 0.3) is 0 Å². The Kier molecular flexibility index (Phi) is 19.2. The predicted molar refractivity (Wildman–Crippen MR) is 88.9 cm³/mol. The third-order valence-electron chi connectivity index (χ3n) is 3.22. The Morgan fingerprint density at radius 3 is 1.41 bits per heavy atom. The fourth-order valence-corrected chi connectivity index (χ4v) is 2.50. The van der Waals surface area contributed by atoms with Crippen LogP contribution in [-0.4, -0.2) is 50.6 Å². The molecule has 0 fully saturated rings. The van der Waals surface area contributed by atoms with Crippen molar-refractivity contribution >= 4 is 7.60 Å². The lowest BCUT2D eigenvalue weighted by molar-refractivity contribution is 0.0450. The van der Waals surface area contributed by atoms with Gasteiger partial charge >= 0.3 is 7.60 Å². The summed E-state index contributed by atoms with van der Waals surface area (Å²) in [6.45, 7) is 1.49. The quantitative estimate of drug-likeness (QED) is 0.259. The molecule has 0 radical (unpaired) electrons. The molecule has 0 saturated carbocycles. The lowest BCUT2D eigenvalue weighted by Gasteiger charge is -2.03. The third kappa shape index (κ3) is 25.0. The fourth-order valence-electron chi connectivity index (χ4n) is 1.86. The van der Waals surface area contributed by atoms with E-state index in [9.17, 15) is 4.57 Å². The van der Waals surface area contributed by atoms with Crippen molar-refractivity contribution in [1.82, 2.24) is 0 Å². The molecule has 0 aromatic heterocycles. The van der Waals surface area contributed by atoms with Crippen LogP contribution in [0.2, 0.25) is 0 Å². The molecule has 0 unspecified atom stereocenters. The second kappa shape index (κ2) is 17.4. The zero-order valence-corrected chi connectivity index (χ0v) is 14.8. The van der Waals surface area contributed by atoms with Gasteiger partial charge in [-0.05, 0) is 6.42 Å². The Balaban J connectivity index is 0. The number of aliphatic hydroxyl groups excluding tert-OH is 3. The number of aliphatic hydroxyl groups is 3. The van der Waals surface area contributed by atoms with Crippen LogP contribution in [0.25, 0.3) is 0 Å². The van der Waals surface area contributed by atoms with E-state index in [4.69, 9.17) is 25.1 Å². The molecule has 0 heterocycles. The van der Waals surface area contributed by atoms with Crippen LogP contribution in [-0.2, 0) is 4.57 Å². The average Bonchev–Trinajstić information content (AvgIpc) is 2.48. The molecule has 0 aliphatic rings. The number of unbranched alkanes of at least 4 members (excludes halogenated alkanes) is 9. The summed E-state index contributed by atoms with van der Waals surface area (Å²) in [5, 5.41) is 24.0. The van der Waals surface area contributed by atoms with E-state index in [0.717, 1.165) is 12.8 Å². The normalized spacial score (nSPS) is 11.4. The highest BCUT2D eigenvalue weighted by atomic mass is 31.2. The van der Waals surface area contributed by atoms with Crippen molar-refractivity contribution in [2.45, 2.75) is 77.2 Å². The van der Waals surface area contributed by atoms with Crippen LogP contribution in [0.1, 0.15) is 71.1 Å². The van der Waals surface area contributed by atoms with Crippen molar-refractivity contribution in [2.24, 2.45) is 0 Å². The highest BCUT2D eigenvalue weighted by Gasteiger charge is 2.10. The van der Waals surface area contributed by atoms with Gasteiger partial charge in [-0.15, -0.1) is 0 Å². The molecule has 0 atom stereocenters. The van der Waals surface area contributed by atoms with E-state index in [0.29, 0.717) is 6.42 Å². The van der Waals surface area contributed by atoms with E-state index in [1.54, 1.807) is 0 Å². The Labute approximate surface area is 134 Å². The van der Waals surface area contributed by atoms with Gasteiger partial charge in [0.05, 0.1) is 13.2 Å². The predicted octanol–water partition coefficient (Wildman–Crippen LogP) is 2.42. The number of hydrogen-bond acceptors (Lipinski definition) is 4. The van der Waals surface area contributed by atoms with E-state index in [1.807, 2.05) is 0 Å². The molecule has 136 valence electrons. The van der Waals surface area contributed by atoms with E-state index in [2.05, 4.69) is 6.92 Å². The van der Waals surface area contributed by atoms with E-state index < -0.39 is 13.7 Å². The molecule has 5 N–H and O–H groups in total. The summed E-state index contributed by atoms with van der Waals surface area (Å²) < 4.78 is 10.6. The summed E-state index contributed by atoms with van der Waals surface area (Å²) in [5.74, 6) is 0. The van der Waals surface area contributed by atoms with Crippen molar-refractivity contribution in [3.63, 3.8) is 0 Å². The first-order chi connectivity index (χ1) is 10.4. The zero-order chi connectivity index (χ0) is 17.3. The highest BCUT2D eigenvalue weighted by molar-refractivity contribution is 7.51. The lowest BCUT2D eigenvalue weighted by Crippen LogP contribution is -2.15. The second-order valence-electron chi connectivity index (χ2n) is 5.59. The van der Waals surface area contributed by atoms with Gasteiger partial charge < -0.3 is 25.1 Å². The molecule has 0 saturated heterocycles. The first kappa shape index (κ1) is 24.3. The molecular weight excluding hydrogens is 307 g/mol. The van der Waals surface area contributed by atoms with Crippen LogP contribution in [0.15, 0.2) is 0 Å². The minimum absolute atomic E-state index is 0.0590. The van der Waals surface area contributed by atoms with Gasteiger partial charge in [0.2, 0.25) is 0 Å². The first-order valence-corrected chi connectivity index (χ1v) is 10.1. The van der Waals surface area contributed by atoms with Gasteiger partial charge in [-0.2, -0.15) is 0 Å². The van der Waals surface area contributed by atoms with Gasteiger partial charge in [0, 0.05) is 6.16 Å². The Hall–Kier alpha value is 0.0300. The summed E-state index contributed by atoms with van der Waals surface area (Å²) in [6, 6.07) is 0. The van der Waals surface area contributed by atoms with E-state index in [1.165, 1.54) is 44.9 Å². The van der Waals surface area contributed by atoms with Crippen molar-refractivity contribution in [3.8, 4) is 0 Å². The number of rotatable bonds is 13. The SMILES string of the molecule is CCCCCCCCCCCCP(=O)(O)O.OCC(O)CO. The molecular formula is C15H35O6P. The van der Waals surface area contributed by atoms with E-state index >= 15 is 0 Å². The molecule has 0 aromatic rings. The van der Waals surface area contributed by atoms with Gasteiger partial charge in [0.15, 0.2) is 0 Å². The van der Waals surface area contributed by atoms with Crippen molar-refractivity contribution in [2.75, 3.05) is 19.4 Å². The van der Waals surface area contributed by atoms with Crippen molar-refractivity contribution in [3.05, 3.63) is 0 Å². The van der Waals surface area contributed by atoms with Crippen LogP contribution in [0, 0.1) is 0 Å². The first-order valence-electron chi connectivity index (χ1n) is 8.31. The molecule has 0 bridgehead atoms. The molecule has 0 spiro atoms. The second-order valence-corrected chi connectivity index (χ2v) is 7.37. The van der Waals surface area contributed by atoms with Crippen LogP contribution in [0.5, 0.6) is 0 Å². The average molecular weight is 342 g/mol. The topological polar surface area (TPSA) is 118 Å². The van der Waals surface area contributed by atoms with Gasteiger partial charge in [-0.1, -0.05) is 64.7 Å². The summed E-state index contributed by atoms with van der Waals surface area (Å²) in [6.07, 6.45) is 11.0. The fraction of sp³-hybridized carbons (Fsp3) is 1.00. The monoisotopic (exact) mass is 342 g/mol. The molecule has 0 rings (SSSR count). The number of hydrogen-bond donors (Lipinski definition) is 5. The highest BCUT2D eigenvalue weighted by Crippen LogP contribution is 2.35. The summed E-state index contributed by atoms with van der Waals surface area (Å²) in [7, 11) is -3.74. The maximum absolute atomic E-state index is 10.6. The van der Waals surface area contributed by atoms with Crippen molar-refractivity contribution < 1.29 is 29.7 Å². The summed E-state index contributed by atoms with van der Waals surface area (Å²) in [4.78, 5) is 17.3. The molecule has 6 nitrogen and oxygen atoms in total. The molecule has 0 aliphatic carbocycles. The van der Waals surface area contributed by atoms with E-state index in [-0.39, 0.29) is 19.4 Å². The van der Waals surface area contributed by atoms with Crippen molar-refractivity contribution in [1.29, 1.82) is 0 Å². The van der Waals surface area contributed by atoms with Gasteiger partial charge in [-0.3, -0.25) is 4.57 Å². The van der Waals surface area contributed by atoms with Gasteiger partial charge in [-0.25, -0.2) is 0 Å². The Bertz CT molecular complexity index is 252. The minimum atomic E-state index is -3.74.